The van der Waals surface area contributed by atoms with E-state index in [0.717, 1.165) is 41.3 Å². The highest BCUT2D eigenvalue weighted by Crippen LogP contribution is 2.31. The van der Waals surface area contributed by atoms with E-state index in [1.165, 1.54) is 24.3 Å². The molecular formula is C20H24N3O5+. The molecule has 8 heteroatoms. The smallest absolute Gasteiger partial charge is 0.279 e. The first-order chi connectivity index (χ1) is 13.5. The summed E-state index contributed by atoms with van der Waals surface area (Å²) >= 11 is 0. The van der Waals surface area contributed by atoms with Crippen molar-refractivity contribution in [1.29, 1.82) is 0 Å². The third kappa shape index (κ3) is 4.40. The molecule has 0 aromatic heterocycles. The minimum absolute atomic E-state index is 0.00616. The van der Waals surface area contributed by atoms with Crippen molar-refractivity contribution < 1.29 is 24.1 Å². The lowest BCUT2D eigenvalue weighted by Gasteiger charge is -2.23. The topological polar surface area (TPSA) is 95.1 Å². The number of methoxy groups -OCH3 is 2. The zero-order chi connectivity index (χ0) is 20.1. The Hall–Kier alpha value is -3.13. The van der Waals surface area contributed by atoms with Gasteiger partial charge in [0.25, 0.3) is 11.6 Å². The van der Waals surface area contributed by atoms with Gasteiger partial charge in [0.15, 0.2) is 6.54 Å². The average molecular weight is 386 g/mol. The van der Waals surface area contributed by atoms with Crippen molar-refractivity contribution >= 4 is 17.3 Å². The van der Waals surface area contributed by atoms with Crippen LogP contribution in [-0.4, -0.2) is 38.1 Å². The number of hydrogen-bond acceptors (Lipinski definition) is 5. The molecule has 2 aromatic carbocycles. The van der Waals surface area contributed by atoms with Crippen LogP contribution in [0, 0.1) is 10.1 Å². The van der Waals surface area contributed by atoms with E-state index >= 15 is 0 Å². The van der Waals surface area contributed by atoms with Crippen molar-refractivity contribution in [2.45, 2.75) is 18.9 Å². The van der Waals surface area contributed by atoms with E-state index in [9.17, 15) is 14.9 Å². The summed E-state index contributed by atoms with van der Waals surface area (Å²) in [5.41, 5.74) is 1.58. The molecule has 0 saturated carbocycles. The number of hydrogen-bond donors (Lipinski definition) is 2. The number of carbonyl (C=O) groups excluding carboxylic acids is 1. The normalized spacial score (nSPS) is 18.5. The molecule has 0 radical (unpaired) electrons. The number of nitrogens with zero attached hydrogens (tertiary/aromatic N) is 1. The molecule has 148 valence electrons. The highest BCUT2D eigenvalue weighted by molar-refractivity contribution is 5.91. The van der Waals surface area contributed by atoms with E-state index in [1.54, 1.807) is 14.2 Å². The van der Waals surface area contributed by atoms with Gasteiger partial charge in [0, 0.05) is 30.7 Å². The number of carbonyl (C=O) groups is 1. The van der Waals surface area contributed by atoms with Crippen LogP contribution in [0.5, 0.6) is 11.5 Å². The molecule has 28 heavy (non-hydrogen) atoms. The van der Waals surface area contributed by atoms with Crippen LogP contribution in [0.25, 0.3) is 0 Å². The van der Waals surface area contributed by atoms with Gasteiger partial charge in [0.05, 0.1) is 31.3 Å². The number of anilines is 1. The maximum Gasteiger partial charge on any atom is 0.279 e. The fourth-order valence-electron chi connectivity index (χ4n) is 3.69. The number of nitro benzene ring substituents is 1. The molecule has 1 saturated heterocycles. The Kier molecular flexibility index (Phi) is 6.10. The zero-order valence-electron chi connectivity index (χ0n) is 15.9. The fourth-order valence-corrected chi connectivity index (χ4v) is 3.69. The number of rotatable bonds is 7. The minimum Gasteiger partial charge on any atom is -0.497 e. The lowest BCUT2D eigenvalue weighted by molar-refractivity contribution is -0.910. The Bertz CT molecular complexity index is 853. The predicted octanol–water partition coefficient (Wildman–Crippen LogP) is 1.97. The summed E-state index contributed by atoms with van der Waals surface area (Å²) in [6.07, 6.45) is 1.98. The summed E-state index contributed by atoms with van der Waals surface area (Å²) < 4.78 is 10.9. The van der Waals surface area contributed by atoms with Crippen LogP contribution in [0.1, 0.15) is 24.4 Å². The first-order valence-electron chi connectivity index (χ1n) is 9.12. The van der Waals surface area contributed by atoms with Crippen LogP contribution in [0.4, 0.5) is 11.4 Å². The molecule has 0 spiro atoms. The second-order valence-corrected chi connectivity index (χ2v) is 6.74. The number of ether oxygens (including phenoxy) is 2. The molecule has 8 nitrogen and oxygen atoms in total. The van der Waals surface area contributed by atoms with Crippen LogP contribution in [0.3, 0.4) is 0 Å². The highest BCUT2D eigenvalue weighted by Gasteiger charge is 2.34. The molecule has 3 rings (SSSR count). The molecule has 0 bridgehead atoms. The molecule has 1 amide bonds. The largest absolute Gasteiger partial charge is 0.497 e. The van der Waals surface area contributed by atoms with Gasteiger partial charge < -0.3 is 19.7 Å². The number of benzene rings is 2. The van der Waals surface area contributed by atoms with E-state index in [0.29, 0.717) is 12.2 Å². The SMILES string of the molecule is COc1ccc(OC)c([C@@H]2CCC[NH+]2CC(=O)Nc2ccc([N+](=O)[O-])cc2)c1. The summed E-state index contributed by atoms with van der Waals surface area (Å²) in [5, 5.41) is 13.5. The predicted molar refractivity (Wildman–Crippen MR) is 104 cm³/mol. The van der Waals surface area contributed by atoms with Crippen molar-refractivity contribution in [2.75, 3.05) is 32.6 Å². The molecule has 1 heterocycles. The number of non-ortho nitro benzene ring substituents is 1. The minimum atomic E-state index is -0.466. The molecule has 2 N–H and O–H groups in total. The number of likely N-dealkylation sites (tertiary alicyclic amines) is 1. The maximum atomic E-state index is 12.5. The lowest BCUT2D eigenvalue weighted by Crippen LogP contribution is -3.11. The number of amides is 1. The van der Waals surface area contributed by atoms with Crippen LogP contribution in [0.15, 0.2) is 42.5 Å². The van der Waals surface area contributed by atoms with Gasteiger partial charge in [0.2, 0.25) is 0 Å². The van der Waals surface area contributed by atoms with Gasteiger partial charge >= 0.3 is 0 Å². The lowest BCUT2D eigenvalue weighted by atomic mass is 10.0. The average Bonchev–Trinajstić information content (AvgIpc) is 3.15. The van der Waals surface area contributed by atoms with Crippen molar-refractivity contribution in [3.05, 3.63) is 58.1 Å². The van der Waals surface area contributed by atoms with E-state index in [2.05, 4.69) is 5.32 Å². The Morgan fingerprint density at radius 3 is 2.61 bits per heavy atom. The van der Waals surface area contributed by atoms with Crippen molar-refractivity contribution in [3.8, 4) is 11.5 Å². The van der Waals surface area contributed by atoms with Crippen molar-refractivity contribution in [1.82, 2.24) is 0 Å². The number of quaternary nitrogens is 1. The Morgan fingerprint density at radius 1 is 1.21 bits per heavy atom. The molecule has 2 aromatic rings. The van der Waals surface area contributed by atoms with Crippen molar-refractivity contribution in [3.63, 3.8) is 0 Å². The third-order valence-corrected chi connectivity index (χ3v) is 5.05. The number of nitro groups is 1. The van der Waals surface area contributed by atoms with Gasteiger partial charge in [-0.05, 0) is 30.3 Å². The van der Waals surface area contributed by atoms with Gasteiger partial charge in [-0.2, -0.15) is 0 Å². The second kappa shape index (κ2) is 8.71. The van der Waals surface area contributed by atoms with E-state index in [-0.39, 0.29) is 17.6 Å². The van der Waals surface area contributed by atoms with Crippen molar-refractivity contribution in [2.24, 2.45) is 0 Å². The van der Waals surface area contributed by atoms with Crippen LogP contribution >= 0.6 is 0 Å². The quantitative estimate of drug-likeness (QED) is 0.560. The molecule has 1 aliphatic heterocycles. The monoisotopic (exact) mass is 386 g/mol. The van der Waals surface area contributed by atoms with Gasteiger partial charge in [-0.25, -0.2) is 0 Å². The first-order valence-corrected chi connectivity index (χ1v) is 9.12. The van der Waals surface area contributed by atoms with E-state index in [1.807, 2.05) is 18.2 Å². The second-order valence-electron chi connectivity index (χ2n) is 6.74. The molecule has 2 atom stereocenters. The van der Waals surface area contributed by atoms with Gasteiger partial charge in [-0.3, -0.25) is 14.9 Å². The molecule has 1 fully saturated rings. The fraction of sp³-hybridized carbons (Fsp3) is 0.350. The van der Waals surface area contributed by atoms with E-state index in [4.69, 9.17) is 9.47 Å². The summed E-state index contributed by atoms with van der Waals surface area (Å²) in [7, 11) is 3.27. The molecular weight excluding hydrogens is 362 g/mol. The molecule has 0 aliphatic carbocycles. The van der Waals surface area contributed by atoms with E-state index < -0.39 is 4.92 Å². The number of nitrogens with one attached hydrogen (secondary N) is 2. The van der Waals surface area contributed by atoms with Crippen LogP contribution in [0.2, 0.25) is 0 Å². The summed E-state index contributed by atoms with van der Waals surface area (Å²) in [5.74, 6) is 1.43. The van der Waals surface area contributed by atoms with Crippen LogP contribution < -0.4 is 19.7 Å². The van der Waals surface area contributed by atoms with Gasteiger partial charge in [0.1, 0.15) is 17.5 Å². The highest BCUT2D eigenvalue weighted by atomic mass is 16.6. The Labute approximate surface area is 163 Å². The zero-order valence-corrected chi connectivity index (χ0v) is 15.9. The van der Waals surface area contributed by atoms with Gasteiger partial charge in [-0.1, -0.05) is 0 Å². The summed E-state index contributed by atoms with van der Waals surface area (Å²) in [4.78, 5) is 23.9. The Morgan fingerprint density at radius 2 is 1.96 bits per heavy atom. The summed E-state index contributed by atoms with van der Waals surface area (Å²) in [6, 6.07) is 11.7. The summed E-state index contributed by atoms with van der Waals surface area (Å²) in [6.45, 7) is 1.20. The standard InChI is InChI=1S/C20H23N3O5/c1-27-16-9-10-19(28-2)17(12-16)18-4-3-11-22(18)13-20(24)21-14-5-7-15(8-6-14)23(25)26/h5-10,12,18H,3-4,11,13H2,1-2H3,(H,21,24)/p+1/t18-/m0/s1. The van der Waals surface area contributed by atoms with Gasteiger partial charge in [-0.15, -0.1) is 0 Å². The third-order valence-electron chi connectivity index (χ3n) is 5.05. The van der Waals surface area contributed by atoms with Crippen LogP contribution in [-0.2, 0) is 4.79 Å². The first kappa shape index (κ1) is 19.6. The Balaban J connectivity index is 1.69. The molecule has 1 aliphatic rings. The maximum absolute atomic E-state index is 12.5. The molecule has 1 unspecified atom stereocenters.